The Balaban J connectivity index is 0.000000845. The van der Waals surface area contributed by atoms with Crippen LogP contribution in [0.25, 0.3) is 0 Å². The Kier molecular flexibility index (Phi) is 3.12. The van der Waals surface area contributed by atoms with E-state index in [1.54, 1.807) is 6.07 Å². The molecule has 1 atom stereocenters. The molecule has 13 heavy (non-hydrogen) atoms. The standard InChI is InChI=1S/C9H10FNO.ClH/c10-8-3-1-2-6-4-7(5-12)11-9(6)8;/h1-3,7,11-12H,4-5H2;1H. The average molecular weight is 204 g/mol. The van der Waals surface area contributed by atoms with E-state index < -0.39 is 0 Å². The van der Waals surface area contributed by atoms with E-state index in [4.69, 9.17) is 5.11 Å². The zero-order valence-corrected chi connectivity index (χ0v) is 7.77. The molecule has 0 saturated heterocycles. The van der Waals surface area contributed by atoms with Crippen molar-refractivity contribution < 1.29 is 9.50 Å². The molecule has 1 aromatic carbocycles. The minimum atomic E-state index is -0.233. The largest absolute Gasteiger partial charge is 0.394 e. The number of aliphatic hydroxyl groups excluding tert-OH is 1. The summed E-state index contributed by atoms with van der Waals surface area (Å²) in [7, 11) is 0. The number of para-hydroxylation sites is 1. The number of aliphatic hydroxyl groups is 1. The number of nitrogens with one attached hydrogen (secondary N) is 1. The monoisotopic (exact) mass is 203 g/mol. The van der Waals surface area contributed by atoms with Crippen molar-refractivity contribution in [2.24, 2.45) is 0 Å². The van der Waals surface area contributed by atoms with Crippen molar-refractivity contribution in [3.05, 3.63) is 29.6 Å². The van der Waals surface area contributed by atoms with Crippen molar-refractivity contribution in [1.82, 2.24) is 0 Å². The minimum Gasteiger partial charge on any atom is -0.394 e. The summed E-state index contributed by atoms with van der Waals surface area (Å²) in [5.41, 5.74) is 1.51. The molecule has 0 spiro atoms. The summed E-state index contributed by atoms with van der Waals surface area (Å²) in [6, 6.07) is 4.97. The molecule has 0 saturated carbocycles. The third-order valence-corrected chi connectivity index (χ3v) is 2.14. The lowest BCUT2D eigenvalue weighted by atomic mass is 10.1. The Morgan fingerprint density at radius 3 is 2.92 bits per heavy atom. The van der Waals surface area contributed by atoms with E-state index in [1.807, 2.05) is 6.07 Å². The zero-order chi connectivity index (χ0) is 8.55. The van der Waals surface area contributed by atoms with Crippen LogP contribution in [0.1, 0.15) is 5.56 Å². The second-order valence-corrected chi connectivity index (χ2v) is 3.00. The lowest BCUT2D eigenvalue weighted by molar-refractivity contribution is 0.277. The van der Waals surface area contributed by atoms with Gasteiger partial charge in [0, 0.05) is 0 Å². The maximum atomic E-state index is 13.1. The molecular weight excluding hydrogens is 193 g/mol. The fourth-order valence-electron chi connectivity index (χ4n) is 1.53. The van der Waals surface area contributed by atoms with Crippen LogP contribution in [0, 0.1) is 5.82 Å². The molecule has 1 aromatic rings. The Morgan fingerprint density at radius 1 is 1.54 bits per heavy atom. The third-order valence-electron chi connectivity index (χ3n) is 2.14. The molecule has 1 aliphatic heterocycles. The van der Waals surface area contributed by atoms with Gasteiger partial charge in [0.1, 0.15) is 5.82 Å². The molecule has 1 unspecified atom stereocenters. The van der Waals surface area contributed by atoms with E-state index in [-0.39, 0.29) is 30.9 Å². The molecule has 0 radical (unpaired) electrons. The van der Waals surface area contributed by atoms with Gasteiger partial charge in [-0.2, -0.15) is 0 Å². The minimum absolute atomic E-state index is 0. The molecule has 1 heterocycles. The second kappa shape index (κ2) is 3.94. The van der Waals surface area contributed by atoms with Crippen molar-refractivity contribution in [2.45, 2.75) is 12.5 Å². The normalized spacial score (nSPS) is 18.8. The zero-order valence-electron chi connectivity index (χ0n) is 6.96. The highest BCUT2D eigenvalue weighted by Crippen LogP contribution is 2.27. The molecule has 2 nitrogen and oxygen atoms in total. The van der Waals surface area contributed by atoms with E-state index in [0.717, 1.165) is 5.56 Å². The fourth-order valence-corrected chi connectivity index (χ4v) is 1.53. The van der Waals surface area contributed by atoms with Gasteiger partial charge in [-0.15, -0.1) is 12.4 Å². The first-order chi connectivity index (χ1) is 5.81. The van der Waals surface area contributed by atoms with Crippen LogP contribution >= 0.6 is 12.4 Å². The molecule has 0 aromatic heterocycles. The van der Waals surface area contributed by atoms with Crippen LogP contribution in [0.2, 0.25) is 0 Å². The van der Waals surface area contributed by atoms with Gasteiger partial charge >= 0.3 is 0 Å². The van der Waals surface area contributed by atoms with E-state index in [0.29, 0.717) is 12.1 Å². The highest BCUT2D eigenvalue weighted by Gasteiger charge is 2.21. The molecule has 72 valence electrons. The number of rotatable bonds is 1. The summed E-state index contributed by atoms with van der Waals surface area (Å²) in [5, 5.41) is 11.8. The van der Waals surface area contributed by atoms with Gasteiger partial charge < -0.3 is 10.4 Å². The molecule has 2 N–H and O–H groups in total. The first-order valence-electron chi connectivity index (χ1n) is 3.96. The van der Waals surface area contributed by atoms with Crippen LogP contribution in [-0.4, -0.2) is 17.8 Å². The Morgan fingerprint density at radius 2 is 2.31 bits per heavy atom. The first-order valence-corrected chi connectivity index (χ1v) is 3.96. The molecule has 0 aliphatic carbocycles. The van der Waals surface area contributed by atoms with Gasteiger partial charge in [-0.05, 0) is 18.1 Å². The molecule has 0 fully saturated rings. The van der Waals surface area contributed by atoms with Gasteiger partial charge in [0.2, 0.25) is 0 Å². The molecule has 0 amide bonds. The summed E-state index contributed by atoms with van der Waals surface area (Å²) >= 11 is 0. The van der Waals surface area contributed by atoms with Crippen LogP contribution in [-0.2, 0) is 6.42 Å². The Hall–Kier alpha value is -0.800. The number of benzene rings is 1. The first kappa shape index (κ1) is 10.3. The van der Waals surface area contributed by atoms with Crippen molar-refractivity contribution in [1.29, 1.82) is 0 Å². The van der Waals surface area contributed by atoms with Crippen LogP contribution in [0.3, 0.4) is 0 Å². The summed E-state index contributed by atoms with van der Waals surface area (Å²) in [4.78, 5) is 0. The lowest BCUT2D eigenvalue weighted by Gasteiger charge is -2.05. The van der Waals surface area contributed by atoms with Crippen molar-refractivity contribution in [3.63, 3.8) is 0 Å². The average Bonchev–Trinajstić information content (AvgIpc) is 2.49. The predicted molar refractivity (Wildman–Crippen MR) is 51.8 cm³/mol. The van der Waals surface area contributed by atoms with Gasteiger partial charge in [0.25, 0.3) is 0 Å². The van der Waals surface area contributed by atoms with E-state index in [9.17, 15) is 4.39 Å². The summed E-state index contributed by atoms with van der Waals surface area (Å²) in [5.74, 6) is -0.233. The summed E-state index contributed by atoms with van der Waals surface area (Å²) < 4.78 is 13.1. The summed E-state index contributed by atoms with van der Waals surface area (Å²) in [6.45, 7) is 0.0497. The molecule has 2 rings (SSSR count). The van der Waals surface area contributed by atoms with Gasteiger partial charge in [-0.3, -0.25) is 0 Å². The van der Waals surface area contributed by atoms with E-state index in [2.05, 4.69) is 5.32 Å². The Labute approximate surface area is 82.2 Å². The number of hydrogen-bond acceptors (Lipinski definition) is 2. The third kappa shape index (κ3) is 1.76. The number of fused-ring (bicyclic) bond motifs is 1. The maximum Gasteiger partial charge on any atom is 0.146 e. The van der Waals surface area contributed by atoms with Crippen LogP contribution in [0.15, 0.2) is 18.2 Å². The van der Waals surface area contributed by atoms with Crippen molar-refractivity contribution in [3.8, 4) is 0 Å². The Bertz CT molecular complexity index is 306. The van der Waals surface area contributed by atoms with Gasteiger partial charge in [-0.25, -0.2) is 4.39 Å². The van der Waals surface area contributed by atoms with E-state index >= 15 is 0 Å². The van der Waals surface area contributed by atoms with Gasteiger partial charge in [0.15, 0.2) is 0 Å². The molecular formula is C9H11ClFNO. The number of halogens is 2. The smallest absolute Gasteiger partial charge is 0.146 e. The highest BCUT2D eigenvalue weighted by atomic mass is 35.5. The summed E-state index contributed by atoms with van der Waals surface area (Å²) in [6.07, 6.45) is 0.712. The topological polar surface area (TPSA) is 32.3 Å². The predicted octanol–water partition coefficient (Wildman–Crippen LogP) is 1.58. The van der Waals surface area contributed by atoms with Crippen LogP contribution < -0.4 is 5.32 Å². The van der Waals surface area contributed by atoms with Crippen molar-refractivity contribution in [2.75, 3.05) is 11.9 Å². The van der Waals surface area contributed by atoms with Gasteiger partial charge in [-0.1, -0.05) is 12.1 Å². The molecule has 4 heteroatoms. The van der Waals surface area contributed by atoms with Crippen molar-refractivity contribution >= 4 is 18.1 Å². The quantitative estimate of drug-likeness (QED) is 0.727. The SMILES string of the molecule is Cl.OCC1Cc2cccc(F)c2N1. The highest BCUT2D eigenvalue weighted by molar-refractivity contribution is 5.85. The number of anilines is 1. The van der Waals surface area contributed by atoms with E-state index in [1.165, 1.54) is 6.07 Å². The lowest BCUT2D eigenvalue weighted by Crippen LogP contribution is -2.19. The van der Waals surface area contributed by atoms with Gasteiger partial charge in [0.05, 0.1) is 18.3 Å². The second-order valence-electron chi connectivity index (χ2n) is 3.00. The maximum absolute atomic E-state index is 13.1. The molecule has 1 aliphatic rings. The van der Waals surface area contributed by atoms with Crippen LogP contribution in [0.4, 0.5) is 10.1 Å². The number of hydrogen-bond donors (Lipinski definition) is 2. The molecule has 0 bridgehead atoms. The van der Waals surface area contributed by atoms with Crippen LogP contribution in [0.5, 0.6) is 0 Å². The fraction of sp³-hybridized carbons (Fsp3) is 0.333.